The summed E-state index contributed by atoms with van der Waals surface area (Å²) in [6.07, 6.45) is 5.98. The van der Waals surface area contributed by atoms with Gasteiger partial charge in [0.1, 0.15) is 0 Å². The van der Waals surface area contributed by atoms with Gasteiger partial charge in [-0.05, 0) is 30.6 Å². The second-order valence-corrected chi connectivity index (χ2v) is 6.07. The van der Waals surface area contributed by atoms with Crippen LogP contribution in [-0.2, 0) is 0 Å². The highest BCUT2D eigenvalue weighted by Gasteiger charge is 2.23. The van der Waals surface area contributed by atoms with E-state index in [2.05, 4.69) is 25.2 Å². The van der Waals surface area contributed by atoms with Crippen LogP contribution in [0.15, 0.2) is 0 Å². The van der Waals surface area contributed by atoms with Crippen LogP contribution >= 0.6 is 0 Å². The minimum atomic E-state index is -0.113. The molecule has 2 atom stereocenters. The number of rotatable bonds is 6. The molecule has 1 saturated carbocycles. The number of aliphatic hydroxyl groups excluding tert-OH is 1. The Morgan fingerprint density at radius 1 is 1.35 bits per heavy atom. The minimum Gasteiger partial charge on any atom is -0.393 e. The molecule has 98 valence electrons. The summed E-state index contributed by atoms with van der Waals surface area (Å²) in [7, 11) is 0. The van der Waals surface area contributed by atoms with E-state index in [1.54, 1.807) is 0 Å². The maximum Gasteiger partial charge on any atom is 0.0621 e. The molecule has 0 heterocycles. The van der Waals surface area contributed by atoms with Gasteiger partial charge in [-0.25, -0.2) is 0 Å². The fraction of sp³-hybridized carbons (Fsp3) is 0.929. The van der Waals surface area contributed by atoms with Gasteiger partial charge in [0.05, 0.1) is 12.2 Å². The van der Waals surface area contributed by atoms with Crippen molar-refractivity contribution in [2.24, 2.45) is 11.3 Å². The molecule has 1 fully saturated rings. The predicted octanol–water partition coefficient (Wildman–Crippen LogP) is 2.46. The van der Waals surface area contributed by atoms with Crippen molar-refractivity contribution in [2.75, 3.05) is 13.1 Å². The summed E-state index contributed by atoms with van der Waals surface area (Å²) in [5.74, 6) is 0.426. The number of hydrogen-bond donors (Lipinski definition) is 2. The van der Waals surface area contributed by atoms with Crippen LogP contribution in [0.25, 0.3) is 0 Å². The molecule has 1 aliphatic carbocycles. The van der Waals surface area contributed by atoms with E-state index in [0.717, 1.165) is 32.4 Å². The summed E-state index contributed by atoms with van der Waals surface area (Å²) < 4.78 is 0. The third kappa shape index (κ3) is 5.52. The molecule has 0 spiro atoms. The first-order valence-corrected chi connectivity index (χ1v) is 6.81. The molecular weight excluding hydrogens is 212 g/mol. The topological polar surface area (TPSA) is 56.0 Å². The molecule has 0 radical (unpaired) electrons. The molecule has 3 heteroatoms. The average Bonchev–Trinajstić information content (AvgIpc) is 2.29. The van der Waals surface area contributed by atoms with Crippen molar-refractivity contribution in [1.82, 2.24) is 5.32 Å². The van der Waals surface area contributed by atoms with Gasteiger partial charge in [0.2, 0.25) is 0 Å². The summed E-state index contributed by atoms with van der Waals surface area (Å²) in [6, 6.07) is 2.20. The zero-order valence-corrected chi connectivity index (χ0v) is 11.2. The summed E-state index contributed by atoms with van der Waals surface area (Å²) in [5, 5.41) is 21.9. The lowest BCUT2D eigenvalue weighted by Crippen LogP contribution is -2.38. The van der Waals surface area contributed by atoms with Gasteiger partial charge in [-0.15, -0.1) is 0 Å². The van der Waals surface area contributed by atoms with E-state index in [1.165, 1.54) is 12.8 Å². The number of nitrogens with one attached hydrogen (secondary N) is 1. The van der Waals surface area contributed by atoms with Crippen LogP contribution in [0.2, 0.25) is 0 Å². The van der Waals surface area contributed by atoms with Gasteiger partial charge in [-0.1, -0.05) is 26.7 Å². The standard InChI is InChI=1S/C14H26N2O/c1-14(2,8-5-9-15)11-16-10-12-6-3-4-7-13(12)17/h12-13,16-17H,3-8,10-11H2,1-2H3. The molecule has 0 bridgehead atoms. The normalized spacial score (nSPS) is 25.5. The Bertz CT molecular complexity index is 257. The lowest BCUT2D eigenvalue weighted by Gasteiger charge is -2.30. The lowest BCUT2D eigenvalue weighted by atomic mass is 9.85. The molecule has 0 saturated heterocycles. The maximum atomic E-state index is 9.86. The van der Waals surface area contributed by atoms with E-state index in [4.69, 9.17) is 5.26 Å². The van der Waals surface area contributed by atoms with E-state index in [1.807, 2.05) is 0 Å². The van der Waals surface area contributed by atoms with Crippen LogP contribution < -0.4 is 5.32 Å². The average molecular weight is 238 g/mol. The van der Waals surface area contributed by atoms with Crippen molar-refractivity contribution in [2.45, 2.75) is 58.5 Å². The van der Waals surface area contributed by atoms with Gasteiger partial charge in [-0.3, -0.25) is 0 Å². The van der Waals surface area contributed by atoms with Crippen molar-refractivity contribution < 1.29 is 5.11 Å². The Morgan fingerprint density at radius 2 is 2.06 bits per heavy atom. The van der Waals surface area contributed by atoms with Gasteiger partial charge in [0.15, 0.2) is 0 Å². The molecule has 1 aliphatic rings. The van der Waals surface area contributed by atoms with Gasteiger partial charge >= 0.3 is 0 Å². The molecule has 2 unspecified atom stereocenters. The fourth-order valence-electron chi connectivity index (χ4n) is 2.50. The summed E-state index contributed by atoms with van der Waals surface area (Å²) in [4.78, 5) is 0. The van der Waals surface area contributed by atoms with E-state index < -0.39 is 0 Å². The zero-order chi connectivity index (χ0) is 12.7. The molecule has 0 amide bonds. The lowest BCUT2D eigenvalue weighted by molar-refractivity contribution is 0.0681. The molecule has 0 aliphatic heterocycles. The summed E-state index contributed by atoms with van der Waals surface area (Å²) in [5.41, 5.74) is 0.176. The Labute approximate surface area is 105 Å². The van der Waals surface area contributed by atoms with E-state index >= 15 is 0 Å². The summed E-state index contributed by atoms with van der Waals surface area (Å²) in [6.45, 7) is 6.22. The van der Waals surface area contributed by atoms with E-state index in [-0.39, 0.29) is 11.5 Å². The highest BCUT2D eigenvalue weighted by molar-refractivity contribution is 4.81. The second kappa shape index (κ2) is 6.98. The number of hydrogen-bond acceptors (Lipinski definition) is 3. The minimum absolute atomic E-state index is 0.113. The number of aliphatic hydroxyl groups is 1. The van der Waals surface area contributed by atoms with Crippen molar-refractivity contribution in [1.29, 1.82) is 5.26 Å². The molecule has 0 aromatic carbocycles. The predicted molar refractivity (Wildman–Crippen MR) is 69.5 cm³/mol. The molecule has 1 rings (SSSR count). The van der Waals surface area contributed by atoms with Crippen LogP contribution in [0.1, 0.15) is 52.4 Å². The van der Waals surface area contributed by atoms with Gasteiger partial charge in [-0.2, -0.15) is 5.26 Å². The second-order valence-electron chi connectivity index (χ2n) is 6.07. The fourth-order valence-corrected chi connectivity index (χ4v) is 2.50. The molecule has 2 N–H and O–H groups in total. The van der Waals surface area contributed by atoms with Crippen molar-refractivity contribution in [3.05, 3.63) is 0 Å². The number of nitrogens with zero attached hydrogens (tertiary/aromatic N) is 1. The van der Waals surface area contributed by atoms with Crippen LogP contribution in [0, 0.1) is 22.7 Å². The molecule has 0 aromatic rings. The first kappa shape index (κ1) is 14.5. The quantitative estimate of drug-likeness (QED) is 0.747. The van der Waals surface area contributed by atoms with Crippen LogP contribution in [0.3, 0.4) is 0 Å². The third-order valence-electron chi connectivity index (χ3n) is 3.79. The van der Waals surface area contributed by atoms with Crippen molar-refractivity contribution in [3.63, 3.8) is 0 Å². The van der Waals surface area contributed by atoms with Crippen LogP contribution in [-0.4, -0.2) is 24.3 Å². The highest BCUT2D eigenvalue weighted by Crippen LogP contribution is 2.25. The molecular formula is C14H26N2O. The third-order valence-corrected chi connectivity index (χ3v) is 3.79. The van der Waals surface area contributed by atoms with Gasteiger partial charge < -0.3 is 10.4 Å². The smallest absolute Gasteiger partial charge is 0.0621 e. The van der Waals surface area contributed by atoms with Crippen molar-refractivity contribution >= 4 is 0 Å². The van der Waals surface area contributed by atoms with Crippen LogP contribution in [0.4, 0.5) is 0 Å². The molecule has 17 heavy (non-hydrogen) atoms. The monoisotopic (exact) mass is 238 g/mol. The maximum absolute atomic E-state index is 9.86. The van der Waals surface area contributed by atoms with Crippen molar-refractivity contribution in [3.8, 4) is 6.07 Å². The molecule has 3 nitrogen and oxygen atoms in total. The zero-order valence-electron chi connectivity index (χ0n) is 11.2. The van der Waals surface area contributed by atoms with Gasteiger partial charge in [0.25, 0.3) is 0 Å². The summed E-state index contributed by atoms with van der Waals surface area (Å²) >= 11 is 0. The Morgan fingerprint density at radius 3 is 2.71 bits per heavy atom. The molecule has 0 aromatic heterocycles. The van der Waals surface area contributed by atoms with Crippen LogP contribution in [0.5, 0.6) is 0 Å². The largest absolute Gasteiger partial charge is 0.393 e. The first-order valence-electron chi connectivity index (χ1n) is 6.81. The number of nitriles is 1. The Balaban J connectivity index is 2.20. The van der Waals surface area contributed by atoms with Gasteiger partial charge in [0, 0.05) is 19.5 Å². The highest BCUT2D eigenvalue weighted by atomic mass is 16.3. The first-order chi connectivity index (χ1) is 8.05. The Hall–Kier alpha value is -0.590. The van der Waals surface area contributed by atoms with E-state index in [9.17, 15) is 5.11 Å². The van der Waals surface area contributed by atoms with E-state index in [0.29, 0.717) is 12.3 Å². The Kier molecular flexibility index (Phi) is 5.94. The SMILES string of the molecule is CC(C)(CCC#N)CNCC1CCCCC1O.